The molecular weight excluding hydrogens is 286 g/mol. The summed E-state index contributed by atoms with van der Waals surface area (Å²) in [4.78, 5) is 14.4. The van der Waals surface area contributed by atoms with Crippen LogP contribution in [0.5, 0.6) is 0 Å². The molecule has 1 aromatic carbocycles. The van der Waals surface area contributed by atoms with Crippen LogP contribution >= 0.6 is 0 Å². The van der Waals surface area contributed by atoms with E-state index in [1.165, 1.54) is 44.2 Å². The number of carbonyl (C=O) groups excluding carboxylic acids is 1. The van der Waals surface area contributed by atoms with Crippen molar-refractivity contribution in [2.24, 2.45) is 5.92 Å². The fourth-order valence-electron chi connectivity index (χ4n) is 3.59. The molecule has 1 aliphatic carbocycles. The van der Waals surface area contributed by atoms with Gasteiger partial charge in [0.1, 0.15) is 0 Å². The lowest BCUT2D eigenvalue weighted by Gasteiger charge is -2.32. The van der Waals surface area contributed by atoms with Gasteiger partial charge in [-0.25, -0.2) is 0 Å². The van der Waals surface area contributed by atoms with Crippen LogP contribution in [-0.2, 0) is 4.79 Å². The summed E-state index contributed by atoms with van der Waals surface area (Å²) in [6, 6.07) is 8.80. The molecular formula is C19H29N3O. The van der Waals surface area contributed by atoms with E-state index >= 15 is 0 Å². The standard InChI is InChI=1S/C19H29N3O/c1-15-10-12-22(13-11-15)18-8-6-17(7-9-18)21-19(23)14-20-16-4-2-3-5-16/h6-9,15-16,20H,2-5,10-14H2,1H3,(H,21,23). The van der Waals surface area contributed by atoms with Crippen molar-refractivity contribution < 1.29 is 4.79 Å². The molecule has 0 atom stereocenters. The minimum Gasteiger partial charge on any atom is -0.372 e. The normalized spacial score (nSPS) is 20.0. The molecule has 0 unspecified atom stereocenters. The number of nitrogens with zero attached hydrogens (tertiary/aromatic N) is 1. The number of hydrogen-bond donors (Lipinski definition) is 2. The molecule has 2 fully saturated rings. The number of benzene rings is 1. The monoisotopic (exact) mass is 315 g/mol. The summed E-state index contributed by atoms with van der Waals surface area (Å²) >= 11 is 0. The Hall–Kier alpha value is -1.55. The van der Waals surface area contributed by atoms with Gasteiger partial charge in [-0.05, 0) is 55.9 Å². The molecule has 0 radical (unpaired) electrons. The van der Waals surface area contributed by atoms with Crippen molar-refractivity contribution in [1.82, 2.24) is 5.32 Å². The van der Waals surface area contributed by atoms with Crippen molar-refractivity contribution in [3.63, 3.8) is 0 Å². The van der Waals surface area contributed by atoms with Crippen LogP contribution < -0.4 is 15.5 Å². The second-order valence-corrected chi connectivity index (χ2v) is 7.13. The highest BCUT2D eigenvalue weighted by atomic mass is 16.1. The summed E-state index contributed by atoms with van der Waals surface area (Å²) in [6.45, 7) is 5.02. The second kappa shape index (κ2) is 7.82. The molecule has 1 saturated heterocycles. The Morgan fingerprint density at radius 2 is 1.74 bits per heavy atom. The predicted molar refractivity (Wildman–Crippen MR) is 95.9 cm³/mol. The van der Waals surface area contributed by atoms with Crippen LogP contribution in [0.2, 0.25) is 0 Å². The molecule has 1 amide bonds. The molecule has 1 aromatic rings. The highest BCUT2D eigenvalue weighted by Gasteiger charge is 2.17. The fraction of sp³-hybridized carbons (Fsp3) is 0.632. The number of rotatable bonds is 5. The Morgan fingerprint density at radius 1 is 1.09 bits per heavy atom. The first-order valence-electron chi connectivity index (χ1n) is 9.09. The highest BCUT2D eigenvalue weighted by molar-refractivity contribution is 5.92. The van der Waals surface area contributed by atoms with E-state index in [0.29, 0.717) is 12.6 Å². The number of nitrogens with one attached hydrogen (secondary N) is 2. The zero-order valence-corrected chi connectivity index (χ0v) is 14.2. The van der Waals surface area contributed by atoms with E-state index in [0.717, 1.165) is 24.7 Å². The van der Waals surface area contributed by atoms with E-state index in [-0.39, 0.29) is 5.91 Å². The SMILES string of the molecule is CC1CCN(c2ccc(NC(=O)CNC3CCCC3)cc2)CC1. The molecule has 0 spiro atoms. The van der Waals surface area contributed by atoms with E-state index in [2.05, 4.69) is 34.6 Å². The van der Waals surface area contributed by atoms with Crippen LogP contribution in [0.25, 0.3) is 0 Å². The zero-order chi connectivity index (χ0) is 16.1. The lowest BCUT2D eigenvalue weighted by Crippen LogP contribution is -2.34. The number of amides is 1. The Kier molecular flexibility index (Phi) is 5.55. The van der Waals surface area contributed by atoms with Crippen LogP contribution in [0.4, 0.5) is 11.4 Å². The van der Waals surface area contributed by atoms with E-state index in [1.54, 1.807) is 0 Å². The smallest absolute Gasteiger partial charge is 0.238 e. The van der Waals surface area contributed by atoms with Crippen molar-refractivity contribution in [3.05, 3.63) is 24.3 Å². The Labute approximate surface area is 139 Å². The second-order valence-electron chi connectivity index (χ2n) is 7.13. The average Bonchev–Trinajstić information content (AvgIpc) is 3.08. The van der Waals surface area contributed by atoms with Gasteiger partial charge in [-0.2, -0.15) is 0 Å². The van der Waals surface area contributed by atoms with Gasteiger partial charge in [-0.3, -0.25) is 4.79 Å². The molecule has 3 rings (SSSR count). The quantitative estimate of drug-likeness (QED) is 0.875. The van der Waals surface area contributed by atoms with E-state index in [1.807, 2.05) is 12.1 Å². The Bertz CT molecular complexity index is 500. The molecule has 126 valence electrons. The molecule has 4 nitrogen and oxygen atoms in total. The third-order valence-corrected chi connectivity index (χ3v) is 5.21. The molecule has 23 heavy (non-hydrogen) atoms. The third kappa shape index (κ3) is 4.71. The maximum absolute atomic E-state index is 12.0. The molecule has 0 aromatic heterocycles. The van der Waals surface area contributed by atoms with Crippen molar-refractivity contribution >= 4 is 17.3 Å². The molecule has 2 N–H and O–H groups in total. The van der Waals surface area contributed by atoms with Crippen LogP contribution in [0.1, 0.15) is 45.4 Å². The number of anilines is 2. The minimum absolute atomic E-state index is 0.0523. The summed E-state index contributed by atoms with van der Waals surface area (Å²) < 4.78 is 0. The van der Waals surface area contributed by atoms with Gasteiger partial charge in [0.05, 0.1) is 6.54 Å². The molecule has 1 aliphatic heterocycles. The third-order valence-electron chi connectivity index (χ3n) is 5.21. The molecule has 1 heterocycles. The zero-order valence-electron chi connectivity index (χ0n) is 14.2. The van der Waals surface area contributed by atoms with Gasteiger partial charge in [-0.1, -0.05) is 19.8 Å². The van der Waals surface area contributed by atoms with Gasteiger partial charge in [0.2, 0.25) is 5.91 Å². The van der Waals surface area contributed by atoms with Gasteiger partial charge in [0.25, 0.3) is 0 Å². The maximum atomic E-state index is 12.0. The number of carbonyl (C=O) groups is 1. The van der Waals surface area contributed by atoms with E-state index in [9.17, 15) is 4.79 Å². The summed E-state index contributed by atoms with van der Waals surface area (Å²) in [7, 11) is 0. The maximum Gasteiger partial charge on any atom is 0.238 e. The van der Waals surface area contributed by atoms with Crippen molar-refractivity contribution in [2.45, 2.75) is 51.5 Å². The van der Waals surface area contributed by atoms with Gasteiger partial charge >= 0.3 is 0 Å². The minimum atomic E-state index is 0.0523. The molecule has 2 aliphatic rings. The van der Waals surface area contributed by atoms with E-state index in [4.69, 9.17) is 0 Å². The topological polar surface area (TPSA) is 44.4 Å². The molecule has 0 bridgehead atoms. The molecule has 4 heteroatoms. The van der Waals surface area contributed by atoms with Crippen LogP contribution in [0.15, 0.2) is 24.3 Å². The lowest BCUT2D eigenvalue weighted by molar-refractivity contribution is -0.115. The van der Waals surface area contributed by atoms with Crippen LogP contribution in [0, 0.1) is 5.92 Å². The Balaban J connectivity index is 1.46. The van der Waals surface area contributed by atoms with Gasteiger partial charge in [-0.15, -0.1) is 0 Å². The number of hydrogen-bond acceptors (Lipinski definition) is 3. The van der Waals surface area contributed by atoms with Crippen LogP contribution in [-0.4, -0.2) is 31.6 Å². The van der Waals surface area contributed by atoms with Gasteiger partial charge in [0, 0.05) is 30.5 Å². The number of piperidine rings is 1. The largest absolute Gasteiger partial charge is 0.372 e. The van der Waals surface area contributed by atoms with E-state index < -0.39 is 0 Å². The summed E-state index contributed by atoms with van der Waals surface area (Å²) in [6.07, 6.45) is 7.52. The fourth-order valence-corrected chi connectivity index (χ4v) is 3.59. The predicted octanol–water partition coefficient (Wildman–Crippen LogP) is 3.39. The summed E-state index contributed by atoms with van der Waals surface area (Å²) in [5.74, 6) is 0.897. The first kappa shape index (κ1) is 16.3. The van der Waals surface area contributed by atoms with Crippen molar-refractivity contribution in [2.75, 3.05) is 29.9 Å². The highest BCUT2D eigenvalue weighted by Crippen LogP contribution is 2.24. The summed E-state index contributed by atoms with van der Waals surface area (Å²) in [5.41, 5.74) is 2.15. The van der Waals surface area contributed by atoms with Crippen molar-refractivity contribution in [3.8, 4) is 0 Å². The Morgan fingerprint density at radius 3 is 2.39 bits per heavy atom. The average molecular weight is 315 g/mol. The lowest BCUT2D eigenvalue weighted by atomic mass is 9.99. The van der Waals surface area contributed by atoms with Gasteiger partial charge < -0.3 is 15.5 Å². The molecule has 1 saturated carbocycles. The van der Waals surface area contributed by atoms with Crippen LogP contribution in [0.3, 0.4) is 0 Å². The first-order chi connectivity index (χ1) is 11.2. The first-order valence-corrected chi connectivity index (χ1v) is 9.09. The van der Waals surface area contributed by atoms with Gasteiger partial charge in [0.15, 0.2) is 0 Å². The van der Waals surface area contributed by atoms with Crippen molar-refractivity contribution in [1.29, 1.82) is 0 Å². The summed E-state index contributed by atoms with van der Waals surface area (Å²) in [5, 5.41) is 6.33.